The molecule has 1 amide bonds. The number of benzene rings is 2. The van der Waals surface area contributed by atoms with Crippen molar-refractivity contribution in [1.29, 1.82) is 0 Å². The number of ether oxygens (including phenoxy) is 2. The number of nitrogens with zero attached hydrogens (tertiary/aromatic N) is 4. The van der Waals surface area contributed by atoms with Crippen LogP contribution >= 0.6 is 0 Å². The number of hydrogen-bond donors (Lipinski definition) is 1. The third-order valence-electron chi connectivity index (χ3n) is 8.62. The van der Waals surface area contributed by atoms with Crippen LogP contribution in [0.4, 0.5) is 0 Å². The molecular weight excluding hydrogens is 502 g/mol. The highest BCUT2D eigenvalue weighted by Gasteiger charge is 2.50. The van der Waals surface area contributed by atoms with Crippen molar-refractivity contribution in [3.8, 4) is 22.4 Å². The standard InChI is InChI=1S/C32H35N5O3/c1-36(2)16-25-13-24(7-8-26(25)22-9-11-39-12-10-22)29-14-27-28(15-33-30(27)35-34-29)21-3-5-23(6-4-21)31(38)37-17-32(18-37)19-40-20-32/h3-8,13-15,22H,9-12,16-20H2,1-2H3,(H,33,35). The second kappa shape index (κ2) is 10.1. The molecule has 0 radical (unpaired) electrons. The Morgan fingerprint density at radius 2 is 1.75 bits per heavy atom. The number of aromatic nitrogens is 3. The Kier molecular flexibility index (Phi) is 6.41. The monoisotopic (exact) mass is 537 g/mol. The van der Waals surface area contributed by atoms with Crippen molar-refractivity contribution in [2.75, 3.05) is 53.6 Å². The van der Waals surface area contributed by atoms with Crippen LogP contribution in [0.5, 0.6) is 0 Å². The summed E-state index contributed by atoms with van der Waals surface area (Å²) in [4.78, 5) is 20.3. The second-order valence-corrected chi connectivity index (χ2v) is 12.0. The maximum Gasteiger partial charge on any atom is 0.253 e. The van der Waals surface area contributed by atoms with E-state index in [2.05, 4.69) is 58.4 Å². The molecule has 3 aliphatic rings. The minimum Gasteiger partial charge on any atom is -0.381 e. The zero-order chi connectivity index (χ0) is 27.3. The molecule has 0 saturated carbocycles. The molecule has 0 unspecified atom stereocenters. The fourth-order valence-corrected chi connectivity index (χ4v) is 6.41. The van der Waals surface area contributed by atoms with Crippen LogP contribution in [0.15, 0.2) is 54.7 Å². The summed E-state index contributed by atoms with van der Waals surface area (Å²) < 4.78 is 10.9. The number of carbonyl (C=O) groups is 1. The smallest absolute Gasteiger partial charge is 0.253 e. The van der Waals surface area contributed by atoms with Gasteiger partial charge in [-0.1, -0.05) is 24.3 Å². The molecule has 0 atom stereocenters. The van der Waals surface area contributed by atoms with Gasteiger partial charge in [0.15, 0.2) is 5.65 Å². The zero-order valence-corrected chi connectivity index (χ0v) is 23.2. The largest absolute Gasteiger partial charge is 0.381 e. The van der Waals surface area contributed by atoms with Crippen LogP contribution in [0.2, 0.25) is 0 Å². The molecule has 5 heterocycles. The molecule has 0 bridgehead atoms. The highest BCUT2D eigenvalue weighted by Crippen LogP contribution is 2.39. The number of amides is 1. The Bertz CT molecular complexity index is 1540. The van der Waals surface area contributed by atoms with Gasteiger partial charge in [-0.25, -0.2) is 0 Å². The van der Waals surface area contributed by atoms with Gasteiger partial charge in [-0.3, -0.25) is 4.79 Å². The molecule has 1 N–H and O–H groups in total. The summed E-state index contributed by atoms with van der Waals surface area (Å²) in [5.41, 5.74) is 8.45. The SMILES string of the molecule is CN(C)Cc1cc(-c2cc3c(-c4ccc(C(=O)N5CC6(COC6)C5)cc4)c[nH]c3nn2)ccc1C1CCOCC1. The lowest BCUT2D eigenvalue weighted by atomic mass is 9.78. The van der Waals surface area contributed by atoms with E-state index < -0.39 is 0 Å². The predicted molar refractivity (Wildman–Crippen MR) is 154 cm³/mol. The second-order valence-electron chi connectivity index (χ2n) is 12.0. The molecular formula is C32H35N5O3. The average Bonchev–Trinajstić information content (AvgIpc) is 3.35. The molecule has 1 spiro atoms. The number of rotatable bonds is 6. The number of carbonyl (C=O) groups excluding carboxylic acids is 1. The van der Waals surface area contributed by atoms with Gasteiger partial charge in [0.25, 0.3) is 5.91 Å². The van der Waals surface area contributed by atoms with Crippen LogP contribution < -0.4 is 0 Å². The summed E-state index contributed by atoms with van der Waals surface area (Å²) >= 11 is 0. The highest BCUT2D eigenvalue weighted by molar-refractivity contribution is 5.98. The zero-order valence-electron chi connectivity index (χ0n) is 23.2. The number of hydrogen-bond acceptors (Lipinski definition) is 6. The maximum absolute atomic E-state index is 12.9. The van der Waals surface area contributed by atoms with Crippen LogP contribution in [0.25, 0.3) is 33.4 Å². The fourth-order valence-electron chi connectivity index (χ4n) is 6.41. The van der Waals surface area contributed by atoms with Gasteiger partial charge in [0.2, 0.25) is 0 Å². The minimum atomic E-state index is 0.0916. The van der Waals surface area contributed by atoms with E-state index >= 15 is 0 Å². The lowest BCUT2D eigenvalue weighted by Crippen LogP contribution is -2.67. The van der Waals surface area contributed by atoms with Crippen LogP contribution in [0.3, 0.4) is 0 Å². The Morgan fingerprint density at radius 1 is 1.00 bits per heavy atom. The van der Waals surface area contributed by atoms with Crippen molar-refractivity contribution >= 4 is 16.9 Å². The molecule has 4 aromatic rings. The van der Waals surface area contributed by atoms with E-state index in [1.54, 1.807) is 0 Å². The van der Waals surface area contributed by atoms with Crippen molar-refractivity contribution in [2.45, 2.75) is 25.3 Å². The third-order valence-corrected chi connectivity index (χ3v) is 8.62. The molecule has 3 saturated heterocycles. The molecule has 0 aliphatic carbocycles. The van der Waals surface area contributed by atoms with Gasteiger partial charge < -0.3 is 24.3 Å². The van der Waals surface area contributed by atoms with Crippen molar-refractivity contribution < 1.29 is 14.3 Å². The summed E-state index contributed by atoms with van der Waals surface area (Å²) in [6.07, 6.45) is 4.11. The van der Waals surface area contributed by atoms with Crippen molar-refractivity contribution in [1.82, 2.24) is 25.0 Å². The topological polar surface area (TPSA) is 83.6 Å². The van der Waals surface area contributed by atoms with Gasteiger partial charge in [-0.15, -0.1) is 10.2 Å². The quantitative estimate of drug-likeness (QED) is 0.383. The molecule has 206 valence electrons. The number of aromatic amines is 1. The summed E-state index contributed by atoms with van der Waals surface area (Å²) in [6.45, 7) is 5.68. The molecule has 40 heavy (non-hydrogen) atoms. The van der Waals surface area contributed by atoms with Crippen LogP contribution in [0.1, 0.15) is 40.2 Å². The number of H-pyrrole nitrogens is 1. The van der Waals surface area contributed by atoms with Gasteiger partial charge >= 0.3 is 0 Å². The number of likely N-dealkylation sites (tertiary alicyclic amines) is 1. The first kappa shape index (κ1) is 25.4. The Balaban J connectivity index is 1.16. The fraction of sp³-hybridized carbons (Fsp3) is 0.406. The van der Waals surface area contributed by atoms with Gasteiger partial charge in [-0.05, 0) is 73.8 Å². The average molecular weight is 538 g/mol. The van der Waals surface area contributed by atoms with E-state index in [4.69, 9.17) is 9.47 Å². The van der Waals surface area contributed by atoms with Gasteiger partial charge in [0, 0.05) is 61.1 Å². The van der Waals surface area contributed by atoms with Crippen molar-refractivity contribution in [3.63, 3.8) is 0 Å². The molecule has 3 fully saturated rings. The van der Waals surface area contributed by atoms with Gasteiger partial charge in [0.1, 0.15) is 0 Å². The maximum atomic E-state index is 12.9. The van der Waals surface area contributed by atoms with E-state index in [0.29, 0.717) is 5.92 Å². The Morgan fingerprint density at radius 3 is 2.45 bits per heavy atom. The van der Waals surface area contributed by atoms with Crippen LogP contribution in [-0.4, -0.2) is 84.5 Å². The molecule has 7 rings (SSSR count). The molecule has 8 heteroatoms. The normalized spacial score (nSPS) is 18.7. The summed E-state index contributed by atoms with van der Waals surface area (Å²) in [7, 11) is 4.22. The van der Waals surface area contributed by atoms with Gasteiger partial charge in [-0.2, -0.15) is 0 Å². The van der Waals surface area contributed by atoms with E-state index in [1.807, 2.05) is 35.4 Å². The number of nitrogens with one attached hydrogen (secondary N) is 1. The minimum absolute atomic E-state index is 0.0916. The van der Waals surface area contributed by atoms with E-state index in [-0.39, 0.29) is 11.3 Å². The van der Waals surface area contributed by atoms with Crippen LogP contribution in [-0.2, 0) is 16.0 Å². The lowest BCUT2D eigenvalue weighted by Gasteiger charge is -2.54. The van der Waals surface area contributed by atoms with E-state index in [0.717, 1.165) is 97.9 Å². The number of fused-ring (bicyclic) bond motifs is 1. The summed E-state index contributed by atoms with van der Waals surface area (Å²) in [5, 5.41) is 10.1. The van der Waals surface area contributed by atoms with Crippen molar-refractivity contribution in [3.05, 3.63) is 71.4 Å². The van der Waals surface area contributed by atoms with Gasteiger partial charge in [0.05, 0.1) is 24.3 Å². The first-order valence-corrected chi connectivity index (χ1v) is 14.2. The molecule has 2 aromatic heterocycles. The first-order valence-electron chi connectivity index (χ1n) is 14.2. The Labute approximate surface area is 234 Å². The molecule has 3 aliphatic heterocycles. The Hall–Kier alpha value is -3.59. The molecule has 8 nitrogen and oxygen atoms in total. The third kappa shape index (κ3) is 4.60. The first-order chi connectivity index (χ1) is 19.5. The van der Waals surface area contributed by atoms with Crippen molar-refractivity contribution in [2.24, 2.45) is 5.41 Å². The molecule has 2 aromatic carbocycles. The lowest BCUT2D eigenvalue weighted by molar-refractivity contribution is -0.176. The van der Waals surface area contributed by atoms with E-state index in [9.17, 15) is 4.79 Å². The summed E-state index contributed by atoms with van der Waals surface area (Å²) in [5.74, 6) is 0.626. The highest BCUT2D eigenvalue weighted by atomic mass is 16.5. The predicted octanol–water partition coefficient (Wildman–Crippen LogP) is 4.72. The van der Waals surface area contributed by atoms with Crippen LogP contribution in [0, 0.1) is 5.41 Å². The summed E-state index contributed by atoms with van der Waals surface area (Å²) in [6, 6.07) is 16.8. The van der Waals surface area contributed by atoms with E-state index in [1.165, 1.54) is 11.1 Å².